The van der Waals surface area contributed by atoms with Gasteiger partial charge in [-0.2, -0.15) is 83.4 Å². The number of benzene rings is 12. The minimum absolute atomic E-state index is 0. The van der Waals surface area contributed by atoms with Crippen molar-refractivity contribution >= 4 is 12.2 Å². The molecule has 0 aliphatic heterocycles. The maximum absolute atomic E-state index is 5.65. The van der Waals surface area contributed by atoms with Crippen molar-refractivity contribution in [1.29, 1.82) is 0 Å². The van der Waals surface area contributed by atoms with E-state index in [-0.39, 0.29) is 82.2 Å². The molecular formula is C108H92N4Ni4. The second kappa shape index (κ2) is 50.8. The monoisotopic (exact) mass is 1680 g/mol. The van der Waals surface area contributed by atoms with Gasteiger partial charge in [0.2, 0.25) is 0 Å². The summed E-state index contributed by atoms with van der Waals surface area (Å²) in [7, 11) is 0. The van der Waals surface area contributed by atoms with Crippen molar-refractivity contribution in [3.05, 3.63) is 472 Å². The second-order valence-corrected chi connectivity index (χ2v) is 28.5. The van der Waals surface area contributed by atoms with Crippen LogP contribution in [0.25, 0.3) is 102 Å². The van der Waals surface area contributed by atoms with Gasteiger partial charge in [0, 0.05) is 0 Å². The fraction of sp³-hybridized carbons (Fsp3) is 0.111. The maximum Gasteiger partial charge on any atom is 3.00 e. The van der Waals surface area contributed by atoms with Gasteiger partial charge in [0.25, 0.3) is 0 Å². The summed E-state index contributed by atoms with van der Waals surface area (Å²) < 4.78 is 0. The number of hydrogen-bond acceptors (Lipinski definition) is 4. The van der Waals surface area contributed by atoms with Crippen LogP contribution in [-0.2, 0) is 82.2 Å². The Balaban J connectivity index is 0.000000240. The molecule has 0 spiro atoms. The first-order chi connectivity index (χ1) is 54.4. The Kier molecular flexibility index (Phi) is 41.7. The molecule has 4 radical (unpaired) electrons. The molecule has 0 atom stereocenters. The number of hydrogen-bond donors (Lipinski definition) is 0. The van der Waals surface area contributed by atoms with E-state index >= 15 is 0 Å². The summed E-state index contributed by atoms with van der Waals surface area (Å²) in [5, 5.41) is 0. The largest absolute Gasteiger partial charge is 3.00 e. The van der Waals surface area contributed by atoms with Crippen molar-refractivity contribution in [2.45, 2.75) is 78.6 Å². The fourth-order valence-electron chi connectivity index (χ4n) is 10.8. The second-order valence-electron chi connectivity index (χ2n) is 28.5. The average molecular weight is 1680 g/mol. The summed E-state index contributed by atoms with van der Waals surface area (Å²) in [6.45, 7) is 30.9. The summed E-state index contributed by atoms with van der Waals surface area (Å²) in [4.78, 5) is 18.6. The zero-order valence-electron chi connectivity index (χ0n) is 66.6. The molecule has 0 aliphatic rings. The van der Waals surface area contributed by atoms with Crippen LogP contribution in [0.1, 0.15) is 90.1 Å². The van der Waals surface area contributed by atoms with E-state index in [2.05, 4.69) is 173 Å². The Hall–Kier alpha value is -11.3. The Labute approximate surface area is 732 Å². The minimum atomic E-state index is 0. The van der Waals surface area contributed by atoms with E-state index in [1.807, 2.05) is 340 Å². The Morgan fingerprint density at radius 2 is 0.414 bits per heavy atom. The van der Waals surface area contributed by atoms with Gasteiger partial charge >= 0.3 is 66.0 Å². The van der Waals surface area contributed by atoms with E-state index < -0.39 is 0 Å². The van der Waals surface area contributed by atoms with Crippen molar-refractivity contribution in [2.24, 2.45) is 0 Å². The van der Waals surface area contributed by atoms with E-state index in [1.54, 1.807) is 12.2 Å². The van der Waals surface area contributed by atoms with Gasteiger partial charge in [-0.05, 0) is 61.8 Å². The van der Waals surface area contributed by atoms with Crippen molar-refractivity contribution in [3.63, 3.8) is 0 Å². The van der Waals surface area contributed by atoms with Gasteiger partial charge in [-0.3, -0.25) is 13.2 Å². The van der Waals surface area contributed by atoms with Gasteiger partial charge in [-0.25, -0.2) is 12.2 Å². The summed E-state index contributed by atoms with van der Waals surface area (Å²) >= 11 is 0. The molecule has 0 N–H and O–H groups in total. The standard InChI is InChI=1S/4C17H11N.C16H23.C10H13.C8H7.C6H5.4Ni/c4*1-3-8-14(9-4-1)16-12-7-13-17(18-16)15-10-5-2-6-11-15;1-8-12-9-13(15(2,3)4)11-14(10-12)16(5,6)7;1-10(2,3)9-7-5-4-6-8-9;1-2-8-6-4-3-5-7-8;1-2-4-6-5-3-1;;;;/h4*1-8,10,12-13H;1,8-11H,2-7H3;5-8H,1-3H3;1-7H;1-5H;;;;/q4*-2;4*-1;4*+3. The minimum Gasteiger partial charge on any atom is -0.345 e. The van der Waals surface area contributed by atoms with E-state index in [0.717, 1.165) is 101 Å². The summed E-state index contributed by atoms with van der Waals surface area (Å²) in [6, 6.07) is 153. The quantitative estimate of drug-likeness (QED) is 0.101. The molecule has 0 amide bonds. The SMILES string of the molecule is CC(C)(C)c1cc[c-]cc1.[CH-]=Cc1cc(C(C)(C)C)cc(C(C)(C)C)c1.[CH-]=Cc1ccccc1.[Ni+3].[Ni+3].[Ni+3].[Ni+3].[c-]1ccccc1.[c-]1ccccc1-c1cccc(-c2[c-]cccc2)n1.[c-]1ccccc1-c1cccc(-c2[c-]cccc2)n1.[c-]1ccccc1-c1cccc(-c2[c-]cccc2)n1.[c-]1ccccc1-c1cccc(-c2[c-]cccc2)n1. The Morgan fingerprint density at radius 1 is 0.207 bits per heavy atom. The first kappa shape index (κ1) is 95.3. The molecule has 0 saturated heterocycles. The molecule has 0 fully saturated rings. The van der Waals surface area contributed by atoms with Crippen LogP contribution in [0.5, 0.6) is 0 Å². The predicted molar refractivity (Wildman–Crippen MR) is 468 cm³/mol. The first-order valence-electron chi connectivity index (χ1n) is 37.3. The molecule has 16 rings (SSSR count). The molecule has 4 heterocycles. The predicted octanol–water partition coefficient (Wildman–Crippen LogP) is 27.2. The summed E-state index contributed by atoms with van der Waals surface area (Å²) in [5.74, 6) is 0. The molecule has 4 nitrogen and oxygen atoms in total. The summed E-state index contributed by atoms with van der Waals surface area (Å²) in [6.07, 6.45) is 3.27. The molecule has 4 aromatic heterocycles. The van der Waals surface area contributed by atoms with E-state index in [1.165, 1.54) is 16.7 Å². The van der Waals surface area contributed by atoms with E-state index in [4.69, 9.17) is 13.2 Å². The zero-order chi connectivity index (χ0) is 79.1. The van der Waals surface area contributed by atoms with Crippen LogP contribution >= 0.6 is 0 Å². The van der Waals surface area contributed by atoms with Gasteiger partial charge in [0.15, 0.2) is 0 Å². The molecule has 12 aromatic carbocycles. The molecule has 0 unspecified atom stereocenters. The Morgan fingerprint density at radius 3 is 0.578 bits per heavy atom. The molecular weight excluding hydrogens is 1590 g/mol. The van der Waals surface area contributed by atoms with Crippen molar-refractivity contribution < 1.29 is 66.0 Å². The third kappa shape index (κ3) is 32.5. The summed E-state index contributed by atoms with van der Waals surface area (Å²) in [5.41, 5.74) is 22.4. The van der Waals surface area contributed by atoms with E-state index in [9.17, 15) is 0 Å². The molecule has 0 bridgehead atoms. The number of rotatable bonds is 10. The van der Waals surface area contributed by atoms with Crippen molar-refractivity contribution in [3.8, 4) is 90.1 Å². The van der Waals surface area contributed by atoms with Gasteiger partial charge < -0.3 is 19.9 Å². The van der Waals surface area contributed by atoms with Crippen LogP contribution < -0.4 is 0 Å². The number of nitrogens with zero attached hydrogens (tertiary/aromatic N) is 4. The smallest absolute Gasteiger partial charge is 0.345 e. The number of pyridine rings is 4. The third-order valence-electron chi connectivity index (χ3n) is 16.9. The molecule has 16 aromatic rings. The first-order valence-corrected chi connectivity index (χ1v) is 37.3. The van der Waals surface area contributed by atoms with Crippen molar-refractivity contribution in [2.75, 3.05) is 0 Å². The fourth-order valence-corrected chi connectivity index (χ4v) is 10.8. The molecule has 0 saturated carbocycles. The van der Waals surface area contributed by atoms with E-state index in [0.29, 0.717) is 0 Å². The van der Waals surface area contributed by atoms with Crippen molar-refractivity contribution in [1.82, 2.24) is 19.9 Å². The van der Waals surface area contributed by atoms with Crippen LogP contribution in [-0.4, -0.2) is 19.9 Å². The molecule has 0 aliphatic carbocycles. The van der Waals surface area contributed by atoms with Crippen LogP contribution in [0.4, 0.5) is 0 Å². The third-order valence-corrected chi connectivity index (χ3v) is 16.9. The van der Waals surface area contributed by atoms with Crippen LogP contribution in [0.3, 0.4) is 0 Å². The van der Waals surface area contributed by atoms with Crippen LogP contribution in [0, 0.1) is 73.8 Å². The molecule has 584 valence electrons. The van der Waals surface area contributed by atoms with Crippen LogP contribution in [0.15, 0.2) is 370 Å². The average Bonchev–Trinajstić information content (AvgIpc) is 0.811. The molecule has 8 heteroatoms. The maximum atomic E-state index is 5.65. The normalized spacial score (nSPS) is 10.1. The van der Waals surface area contributed by atoms with Gasteiger partial charge in [-0.1, -0.05) is 171 Å². The van der Waals surface area contributed by atoms with Gasteiger partial charge in [0.05, 0.1) is 0 Å². The Bertz CT molecular complexity index is 4570. The zero-order valence-corrected chi connectivity index (χ0v) is 70.5. The van der Waals surface area contributed by atoms with Gasteiger partial charge in [-0.15, -0.1) is 311 Å². The number of aromatic nitrogens is 4. The van der Waals surface area contributed by atoms with Crippen LogP contribution in [0.2, 0.25) is 0 Å². The topological polar surface area (TPSA) is 51.6 Å². The van der Waals surface area contributed by atoms with Gasteiger partial charge in [0.1, 0.15) is 0 Å². The molecule has 116 heavy (non-hydrogen) atoms.